The van der Waals surface area contributed by atoms with Gasteiger partial charge in [0, 0.05) is 31.2 Å². The number of halogens is 1. The van der Waals surface area contributed by atoms with Crippen LogP contribution in [0, 0.1) is 5.82 Å². The maximum atomic E-state index is 13.6. The van der Waals surface area contributed by atoms with Crippen LogP contribution in [0.2, 0.25) is 0 Å². The van der Waals surface area contributed by atoms with Gasteiger partial charge in [0.05, 0.1) is 25.7 Å². The highest BCUT2D eigenvalue weighted by atomic mass is 32.2. The molecule has 0 atom stereocenters. The number of ether oxygens (including phenoxy) is 2. The third-order valence-corrected chi connectivity index (χ3v) is 7.02. The van der Waals surface area contributed by atoms with E-state index >= 15 is 0 Å². The molecule has 0 fully saturated rings. The minimum atomic E-state index is -3.88. The third-order valence-electron chi connectivity index (χ3n) is 4.21. The molecule has 10 heteroatoms. The van der Waals surface area contributed by atoms with E-state index in [1.165, 1.54) is 57.3 Å². The number of hydrogen-bond donors (Lipinski definition) is 1. The van der Waals surface area contributed by atoms with E-state index in [1.54, 1.807) is 18.2 Å². The minimum Gasteiger partial charge on any atom is -0.493 e. The molecule has 0 aliphatic heterocycles. The first-order valence-corrected chi connectivity index (χ1v) is 11.6. The van der Waals surface area contributed by atoms with Gasteiger partial charge in [-0.25, -0.2) is 12.8 Å². The van der Waals surface area contributed by atoms with E-state index < -0.39 is 15.9 Å². The zero-order valence-electron chi connectivity index (χ0n) is 17.1. The van der Waals surface area contributed by atoms with Crippen molar-refractivity contribution in [2.45, 2.75) is 10.6 Å². The van der Waals surface area contributed by atoms with Gasteiger partial charge in [-0.1, -0.05) is 18.2 Å². The molecule has 0 saturated carbocycles. The molecule has 0 heterocycles. The lowest BCUT2D eigenvalue weighted by Gasteiger charge is -2.18. The molecule has 0 unspecified atom stereocenters. The SMILES string of the molecule is COc1ccc(S(=O)(=O)N(C)CC(=O)NCCSCc2ccccc2F)cc1OC. The predicted octanol–water partition coefficient (Wildman–Crippen LogP) is 2.51. The van der Waals surface area contributed by atoms with Crippen molar-refractivity contribution in [2.24, 2.45) is 0 Å². The van der Waals surface area contributed by atoms with Gasteiger partial charge in [0.1, 0.15) is 5.82 Å². The lowest BCUT2D eigenvalue weighted by atomic mass is 10.2. The van der Waals surface area contributed by atoms with Crippen molar-refractivity contribution in [3.05, 3.63) is 53.8 Å². The standard InChI is InChI=1S/C20H25FN2O5S2/c1-23(30(25,26)16-8-9-18(27-2)19(12-16)28-3)13-20(24)22-10-11-29-14-15-6-4-5-7-17(15)21/h4-9,12H,10-11,13-14H2,1-3H3,(H,22,24). The van der Waals surface area contributed by atoms with Crippen LogP contribution >= 0.6 is 11.8 Å². The monoisotopic (exact) mass is 456 g/mol. The summed E-state index contributed by atoms with van der Waals surface area (Å²) in [5.74, 6) is 1.08. The molecule has 0 spiro atoms. The molecule has 0 aliphatic rings. The number of carbonyl (C=O) groups excluding carboxylic acids is 1. The van der Waals surface area contributed by atoms with Crippen LogP contribution in [0.3, 0.4) is 0 Å². The highest BCUT2D eigenvalue weighted by Gasteiger charge is 2.24. The van der Waals surface area contributed by atoms with Gasteiger partial charge in [-0.15, -0.1) is 0 Å². The number of amides is 1. The van der Waals surface area contributed by atoms with Gasteiger partial charge in [0.15, 0.2) is 11.5 Å². The second kappa shape index (κ2) is 11.2. The van der Waals surface area contributed by atoms with Gasteiger partial charge in [-0.05, 0) is 23.8 Å². The summed E-state index contributed by atoms with van der Waals surface area (Å²) in [6.45, 7) is 0.0247. The Bertz CT molecular complexity index is 969. The number of nitrogens with zero attached hydrogens (tertiary/aromatic N) is 1. The van der Waals surface area contributed by atoms with Crippen molar-refractivity contribution in [1.29, 1.82) is 0 Å². The van der Waals surface area contributed by atoms with Gasteiger partial charge in [-0.2, -0.15) is 16.1 Å². The quantitative estimate of drug-likeness (QED) is 0.523. The maximum absolute atomic E-state index is 13.6. The Morgan fingerprint density at radius 3 is 2.50 bits per heavy atom. The number of carbonyl (C=O) groups is 1. The number of sulfonamides is 1. The molecule has 164 valence electrons. The average molecular weight is 457 g/mol. The van der Waals surface area contributed by atoms with Gasteiger partial charge in [0.25, 0.3) is 0 Å². The largest absolute Gasteiger partial charge is 0.493 e. The third kappa shape index (κ3) is 6.35. The molecular weight excluding hydrogens is 431 g/mol. The van der Waals surface area contributed by atoms with Crippen molar-refractivity contribution in [3.63, 3.8) is 0 Å². The second-order valence-corrected chi connectivity index (χ2v) is 9.42. The molecule has 0 aliphatic carbocycles. The Morgan fingerprint density at radius 1 is 1.13 bits per heavy atom. The van der Waals surface area contributed by atoms with Crippen molar-refractivity contribution >= 4 is 27.7 Å². The Kier molecular flexibility index (Phi) is 8.94. The second-order valence-electron chi connectivity index (χ2n) is 6.27. The van der Waals surface area contributed by atoms with Gasteiger partial charge >= 0.3 is 0 Å². The molecule has 1 amide bonds. The summed E-state index contributed by atoms with van der Waals surface area (Å²) in [6.07, 6.45) is 0. The van der Waals surface area contributed by atoms with E-state index in [2.05, 4.69) is 5.32 Å². The summed E-state index contributed by atoms with van der Waals surface area (Å²) in [5.41, 5.74) is 0.606. The number of hydrogen-bond acceptors (Lipinski definition) is 6. The summed E-state index contributed by atoms with van der Waals surface area (Å²) in [7, 11) is 0.322. The first kappa shape index (κ1) is 24.0. The molecule has 0 aromatic heterocycles. The molecule has 0 radical (unpaired) electrons. The smallest absolute Gasteiger partial charge is 0.243 e. The summed E-state index contributed by atoms with van der Waals surface area (Å²) in [5, 5.41) is 2.67. The average Bonchev–Trinajstić information content (AvgIpc) is 2.74. The van der Waals surface area contributed by atoms with E-state index in [1.807, 2.05) is 0 Å². The van der Waals surface area contributed by atoms with Crippen molar-refractivity contribution in [2.75, 3.05) is 40.1 Å². The Hall–Kier alpha value is -2.30. The maximum Gasteiger partial charge on any atom is 0.243 e. The molecular formula is C20H25FN2O5S2. The zero-order chi connectivity index (χ0) is 22.1. The van der Waals surface area contributed by atoms with Crippen LogP contribution in [0.1, 0.15) is 5.56 Å². The fourth-order valence-electron chi connectivity index (χ4n) is 2.56. The fraction of sp³-hybridized carbons (Fsp3) is 0.350. The highest BCUT2D eigenvalue weighted by Crippen LogP contribution is 2.30. The summed E-state index contributed by atoms with van der Waals surface area (Å²) in [6, 6.07) is 10.8. The molecule has 1 N–H and O–H groups in total. The van der Waals surface area contributed by atoms with Gasteiger partial charge in [0.2, 0.25) is 15.9 Å². The lowest BCUT2D eigenvalue weighted by molar-refractivity contribution is -0.121. The van der Waals surface area contributed by atoms with Crippen LogP contribution in [-0.4, -0.2) is 58.7 Å². The van der Waals surface area contributed by atoms with Crippen LogP contribution in [0.5, 0.6) is 11.5 Å². The normalized spacial score (nSPS) is 11.4. The minimum absolute atomic E-state index is 0.00380. The van der Waals surface area contributed by atoms with E-state index in [9.17, 15) is 17.6 Å². The Labute approximate surface area is 180 Å². The molecule has 2 aromatic carbocycles. The van der Waals surface area contributed by atoms with Crippen molar-refractivity contribution in [3.8, 4) is 11.5 Å². The highest BCUT2D eigenvalue weighted by molar-refractivity contribution is 7.98. The number of thioether (sulfide) groups is 1. The predicted molar refractivity (Wildman–Crippen MR) is 115 cm³/mol. The Balaban J connectivity index is 1.83. The first-order chi connectivity index (χ1) is 14.3. The van der Waals surface area contributed by atoms with Crippen LogP contribution in [0.15, 0.2) is 47.4 Å². The van der Waals surface area contributed by atoms with Crippen LogP contribution in [0.4, 0.5) is 4.39 Å². The molecule has 0 bridgehead atoms. The summed E-state index contributed by atoms with van der Waals surface area (Å²) >= 11 is 1.48. The van der Waals surface area contributed by atoms with Crippen molar-refractivity contribution < 1.29 is 27.1 Å². The van der Waals surface area contributed by atoms with Crippen LogP contribution < -0.4 is 14.8 Å². The number of benzene rings is 2. The Morgan fingerprint density at radius 2 is 1.83 bits per heavy atom. The zero-order valence-corrected chi connectivity index (χ0v) is 18.7. The number of methoxy groups -OCH3 is 2. The molecule has 30 heavy (non-hydrogen) atoms. The molecule has 0 saturated heterocycles. The van der Waals surface area contributed by atoms with E-state index in [0.717, 1.165) is 4.31 Å². The first-order valence-electron chi connectivity index (χ1n) is 9.05. The van der Waals surface area contributed by atoms with E-state index in [4.69, 9.17) is 9.47 Å². The fourth-order valence-corrected chi connectivity index (χ4v) is 4.55. The van der Waals surface area contributed by atoms with Crippen LogP contribution in [0.25, 0.3) is 0 Å². The number of rotatable bonds is 11. The molecule has 2 aromatic rings. The van der Waals surface area contributed by atoms with Gasteiger partial charge < -0.3 is 14.8 Å². The summed E-state index contributed by atoms with van der Waals surface area (Å²) < 4.78 is 50.2. The molecule has 7 nitrogen and oxygen atoms in total. The van der Waals surface area contributed by atoms with E-state index in [0.29, 0.717) is 29.4 Å². The van der Waals surface area contributed by atoms with E-state index in [-0.39, 0.29) is 23.0 Å². The van der Waals surface area contributed by atoms with Crippen LogP contribution in [-0.2, 0) is 20.6 Å². The topological polar surface area (TPSA) is 84.9 Å². The van der Waals surface area contributed by atoms with Gasteiger partial charge in [-0.3, -0.25) is 4.79 Å². The number of nitrogens with one attached hydrogen (secondary N) is 1. The van der Waals surface area contributed by atoms with Crippen molar-refractivity contribution in [1.82, 2.24) is 9.62 Å². The number of likely N-dealkylation sites (N-methyl/N-ethyl adjacent to an activating group) is 1. The molecule has 2 rings (SSSR count). The lowest BCUT2D eigenvalue weighted by Crippen LogP contribution is -2.39. The summed E-state index contributed by atoms with van der Waals surface area (Å²) in [4.78, 5) is 12.1.